The molecule has 4 rings (SSSR count). The first-order valence-electron chi connectivity index (χ1n) is 9.61. The van der Waals surface area contributed by atoms with Crippen LogP contribution < -0.4 is 16.0 Å². The summed E-state index contributed by atoms with van der Waals surface area (Å²) in [5.41, 5.74) is 8.25. The van der Waals surface area contributed by atoms with Crippen LogP contribution in [0.15, 0.2) is 51.5 Å². The number of hydrogen-bond donors (Lipinski definition) is 1. The van der Waals surface area contributed by atoms with E-state index < -0.39 is 5.92 Å². The average Bonchev–Trinajstić information content (AvgIpc) is 3.23. The Morgan fingerprint density at radius 2 is 2.10 bits per heavy atom. The molecule has 7 heteroatoms. The first kappa shape index (κ1) is 19.6. The largest absolute Gasteiger partial charge is 0.440 e. The van der Waals surface area contributed by atoms with E-state index in [1.54, 1.807) is 16.3 Å². The molecule has 1 fully saturated rings. The van der Waals surface area contributed by atoms with Crippen molar-refractivity contribution in [3.05, 3.63) is 69.0 Å². The number of pyridine rings is 1. The number of fused-ring (bicyclic) bond motifs is 1. The Hall–Kier alpha value is -2.69. The Bertz CT molecular complexity index is 1060. The number of thioether (sulfide) groups is 1. The van der Waals surface area contributed by atoms with Crippen LogP contribution in [0.4, 0.5) is 0 Å². The quantitative estimate of drug-likeness (QED) is 0.780. The van der Waals surface area contributed by atoms with Gasteiger partial charge < -0.3 is 19.8 Å². The minimum absolute atomic E-state index is 0.0318. The third-order valence-corrected chi connectivity index (χ3v) is 6.29. The first-order chi connectivity index (χ1) is 14.0. The number of ether oxygens (including phenoxy) is 2. The van der Waals surface area contributed by atoms with Gasteiger partial charge in [-0.3, -0.25) is 4.79 Å². The maximum Gasteiger partial charge on any atom is 0.258 e. The molecule has 3 heterocycles. The molecule has 6 nitrogen and oxygen atoms in total. The number of hydrogen-bond acceptors (Lipinski definition) is 6. The molecular weight excluding hydrogens is 386 g/mol. The fraction of sp³-hybridized carbons (Fsp3) is 0.364. The number of nitriles is 1. The van der Waals surface area contributed by atoms with Gasteiger partial charge >= 0.3 is 0 Å². The Labute approximate surface area is 173 Å². The summed E-state index contributed by atoms with van der Waals surface area (Å²) in [5, 5.41) is 9.76. The molecule has 1 saturated heterocycles. The van der Waals surface area contributed by atoms with Gasteiger partial charge in [0.1, 0.15) is 17.4 Å². The standard InChI is InChI=1S/C22H23N3O3S/c1-13-10-18-20(22(26)25(13)12-15-4-3-9-27-15)19(17(11-23)21(24)28-18)14-5-7-16(29-2)8-6-14/h5-8,10,15,19H,3-4,9,12,24H2,1-2H3/t15-,19+/m1/s1. The Morgan fingerprint density at radius 3 is 2.72 bits per heavy atom. The molecule has 0 amide bonds. The number of nitrogens with two attached hydrogens (primary N) is 1. The summed E-state index contributed by atoms with van der Waals surface area (Å²) in [6.45, 7) is 3.11. The summed E-state index contributed by atoms with van der Waals surface area (Å²) < 4.78 is 13.2. The first-order valence-corrected chi connectivity index (χ1v) is 10.8. The van der Waals surface area contributed by atoms with Crippen molar-refractivity contribution in [3.8, 4) is 11.8 Å². The van der Waals surface area contributed by atoms with Gasteiger partial charge in [0.2, 0.25) is 5.88 Å². The van der Waals surface area contributed by atoms with Crippen molar-refractivity contribution in [1.82, 2.24) is 4.57 Å². The zero-order valence-electron chi connectivity index (χ0n) is 16.5. The molecule has 29 heavy (non-hydrogen) atoms. The van der Waals surface area contributed by atoms with Crippen molar-refractivity contribution in [2.45, 2.75) is 43.2 Å². The monoisotopic (exact) mass is 409 g/mol. The second-order valence-electron chi connectivity index (χ2n) is 7.31. The predicted octanol–water partition coefficient (Wildman–Crippen LogP) is 3.28. The van der Waals surface area contributed by atoms with Gasteiger partial charge in [0.15, 0.2) is 0 Å². The molecule has 0 radical (unpaired) electrons. The molecular formula is C22H23N3O3S. The normalized spacial score (nSPS) is 20.9. The predicted molar refractivity (Wildman–Crippen MR) is 112 cm³/mol. The van der Waals surface area contributed by atoms with E-state index in [9.17, 15) is 10.1 Å². The lowest BCUT2D eigenvalue weighted by molar-refractivity contribution is 0.0955. The van der Waals surface area contributed by atoms with Crippen LogP contribution in [-0.4, -0.2) is 23.5 Å². The fourth-order valence-electron chi connectivity index (χ4n) is 4.03. The summed E-state index contributed by atoms with van der Waals surface area (Å²) in [6.07, 6.45) is 3.98. The minimum Gasteiger partial charge on any atom is -0.440 e. The van der Waals surface area contributed by atoms with E-state index in [-0.39, 0.29) is 23.1 Å². The van der Waals surface area contributed by atoms with E-state index in [4.69, 9.17) is 15.2 Å². The summed E-state index contributed by atoms with van der Waals surface area (Å²) in [5.74, 6) is -0.0790. The molecule has 0 aliphatic carbocycles. The van der Waals surface area contributed by atoms with Crippen LogP contribution in [0.3, 0.4) is 0 Å². The lowest BCUT2D eigenvalue weighted by Crippen LogP contribution is -2.35. The molecule has 2 aliphatic heterocycles. The van der Waals surface area contributed by atoms with Crippen LogP contribution in [0.1, 0.15) is 35.6 Å². The summed E-state index contributed by atoms with van der Waals surface area (Å²) >= 11 is 1.64. The number of allylic oxidation sites excluding steroid dienone is 1. The molecule has 1 aromatic heterocycles. The second-order valence-corrected chi connectivity index (χ2v) is 8.19. The number of aryl methyl sites for hydroxylation is 1. The van der Waals surface area contributed by atoms with Gasteiger partial charge in [-0.25, -0.2) is 0 Å². The highest BCUT2D eigenvalue weighted by molar-refractivity contribution is 7.98. The summed E-state index contributed by atoms with van der Waals surface area (Å²) in [7, 11) is 0. The molecule has 0 spiro atoms. The highest BCUT2D eigenvalue weighted by atomic mass is 32.2. The van der Waals surface area contributed by atoms with Gasteiger partial charge in [0.05, 0.1) is 24.1 Å². The van der Waals surface area contributed by atoms with Crippen LogP contribution in [-0.2, 0) is 11.3 Å². The average molecular weight is 410 g/mol. The van der Waals surface area contributed by atoms with E-state index >= 15 is 0 Å². The SMILES string of the molecule is CSc1ccc([C@H]2C(C#N)=C(N)Oc3cc(C)n(C[C@H]4CCCO4)c(=O)c32)cc1. The van der Waals surface area contributed by atoms with Crippen molar-refractivity contribution in [2.24, 2.45) is 5.73 Å². The fourth-order valence-corrected chi connectivity index (χ4v) is 4.44. The molecule has 2 aliphatic rings. The summed E-state index contributed by atoms with van der Waals surface area (Å²) in [6, 6.07) is 11.8. The highest BCUT2D eigenvalue weighted by Gasteiger charge is 2.34. The van der Waals surface area contributed by atoms with E-state index in [0.29, 0.717) is 17.9 Å². The molecule has 2 aromatic rings. The third-order valence-electron chi connectivity index (χ3n) is 5.55. The van der Waals surface area contributed by atoms with Crippen LogP contribution in [0.5, 0.6) is 5.75 Å². The van der Waals surface area contributed by atoms with Gasteiger partial charge in [0.25, 0.3) is 5.56 Å². The van der Waals surface area contributed by atoms with Crippen LogP contribution in [0, 0.1) is 18.3 Å². The second kappa shape index (κ2) is 7.97. The van der Waals surface area contributed by atoms with Crippen molar-refractivity contribution < 1.29 is 9.47 Å². The van der Waals surface area contributed by atoms with Crippen molar-refractivity contribution in [3.63, 3.8) is 0 Å². The van der Waals surface area contributed by atoms with Gasteiger partial charge in [-0.05, 0) is 43.7 Å². The maximum atomic E-state index is 13.5. The number of aromatic nitrogens is 1. The lowest BCUT2D eigenvalue weighted by atomic mass is 9.84. The van der Waals surface area contributed by atoms with Gasteiger partial charge in [-0.2, -0.15) is 5.26 Å². The van der Waals surface area contributed by atoms with Crippen LogP contribution in [0.2, 0.25) is 0 Å². The topological polar surface area (TPSA) is 90.3 Å². The third kappa shape index (κ3) is 3.54. The van der Waals surface area contributed by atoms with Crippen molar-refractivity contribution in [2.75, 3.05) is 12.9 Å². The van der Waals surface area contributed by atoms with Gasteiger partial charge in [0, 0.05) is 23.3 Å². The van der Waals surface area contributed by atoms with Crippen LogP contribution >= 0.6 is 11.8 Å². The molecule has 2 atom stereocenters. The molecule has 0 saturated carbocycles. The number of nitrogens with zero attached hydrogens (tertiary/aromatic N) is 2. The molecule has 150 valence electrons. The smallest absolute Gasteiger partial charge is 0.258 e. The van der Waals surface area contributed by atoms with E-state index in [0.717, 1.165) is 35.6 Å². The zero-order valence-corrected chi connectivity index (χ0v) is 17.3. The Kier molecular flexibility index (Phi) is 5.39. The van der Waals surface area contributed by atoms with E-state index in [1.807, 2.05) is 43.5 Å². The highest BCUT2D eigenvalue weighted by Crippen LogP contribution is 2.40. The van der Waals surface area contributed by atoms with E-state index in [2.05, 4.69) is 6.07 Å². The van der Waals surface area contributed by atoms with Gasteiger partial charge in [-0.15, -0.1) is 11.8 Å². The molecule has 0 unspecified atom stereocenters. The molecule has 2 N–H and O–H groups in total. The Morgan fingerprint density at radius 1 is 1.34 bits per heavy atom. The lowest BCUT2D eigenvalue weighted by Gasteiger charge is -2.28. The Balaban J connectivity index is 1.87. The van der Waals surface area contributed by atoms with E-state index in [1.165, 1.54) is 0 Å². The molecule has 1 aromatic carbocycles. The summed E-state index contributed by atoms with van der Waals surface area (Å²) in [4.78, 5) is 14.7. The zero-order chi connectivity index (χ0) is 20.5. The number of rotatable bonds is 4. The van der Waals surface area contributed by atoms with Gasteiger partial charge in [-0.1, -0.05) is 12.1 Å². The number of benzene rings is 1. The molecule has 0 bridgehead atoms. The van der Waals surface area contributed by atoms with Crippen molar-refractivity contribution >= 4 is 11.8 Å². The maximum absolute atomic E-state index is 13.5. The van der Waals surface area contributed by atoms with Crippen molar-refractivity contribution in [1.29, 1.82) is 5.26 Å². The van der Waals surface area contributed by atoms with Crippen LogP contribution in [0.25, 0.3) is 0 Å². The minimum atomic E-state index is -0.552.